The molecule has 0 saturated carbocycles. The number of hydrazine groups is 1. The number of nitrogens with zero attached hydrogens (tertiary/aromatic N) is 2. The number of carbonyl (C=O) groups excluding carboxylic acids is 2. The van der Waals surface area contributed by atoms with Crippen molar-refractivity contribution < 1.29 is 14.7 Å². The van der Waals surface area contributed by atoms with Gasteiger partial charge in [-0.3, -0.25) is 10.2 Å². The summed E-state index contributed by atoms with van der Waals surface area (Å²) in [4.78, 5) is 29.5. The second-order valence-corrected chi connectivity index (χ2v) is 11.9. The van der Waals surface area contributed by atoms with Crippen molar-refractivity contribution in [1.29, 1.82) is 0 Å². The van der Waals surface area contributed by atoms with Crippen LogP contribution in [0, 0.1) is 0 Å². The monoisotopic (exact) mass is 581 g/mol. The third-order valence-electron chi connectivity index (χ3n) is 8.12. The van der Waals surface area contributed by atoms with Gasteiger partial charge < -0.3 is 10.0 Å². The Bertz CT molecular complexity index is 990. The van der Waals surface area contributed by atoms with Gasteiger partial charge in [0.2, 0.25) is 0 Å². The van der Waals surface area contributed by atoms with Crippen LogP contribution in [0.4, 0.5) is 4.79 Å². The lowest BCUT2D eigenvalue weighted by Crippen LogP contribution is -2.55. The molecule has 6 heteroatoms. The van der Waals surface area contributed by atoms with Crippen molar-refractivity contribution in [2.75, 3.05) is 19.6 Å². The lowest BCUT2D eigenvalue weighted by Gasteiger charge is -2.32. The van der Waals surface area contributed by atoms with Crippen LogP contribution in [0.5, 0.6) is 0 Å². The molecule has 0 heterocycles. The lowest BCUT2D eigenvalue weighted by molar-refractivity contribution is 0.0591. The van der Waals surface area contributed by atoms with Crippen LogP contribution in [0.3, 0.4) is 0 Å². The van der Waals surface area contributed by atoms with Crippen LogP contribution in [0.2, 0.25) is 0 Å². The molecule has 6 nitrogen and oxygen atoms in total. The standard InChI is InChI=1S/C36H59N3O3/c1-4-7-10-13-15-20-28-38(29-21-16-14-11-8-5-2)36(42)39(30-32(40)25-17-12-9-6-3)37-35(41)34-27-22-24-31-23-18-19-26-33(31)34/h18-19,22-24,26-27,32,40H,4-17,20-21,25,28-30H2,1-3H3,(H,37,41). The van der Waals surface area contributed by atoms with Crippen molar-refractivity contribution in [1.82, 2.24) is 15.3 Å². The molecular weight excluding hydrogens is 522 g/mol. The summed E-state index contributed by atoms with van der Waals surface area (Å²) in [5.74, 6) is -0.322. The molecule has 2 rings (SSSR count). The van der Waals surface area contributed by atoms with E-state index in [1.165, 1.54) is 56.4 Å². The van der Waals surface area contributed by atoms with Gasteiger partial charge in [-0.2, -0.15) is 0 Å². The van der Waals surface area contributed by atoms with Crippen LogP contribution >= 0.6 is 0 Å². The van der Waals surface area contributed by atoms with E-state index in [2.05, 4.69) is 26.2 Å². The van der Waals surface area contributed by atoms with Crippen LogP contribution in [0.1, 0.15) is 140 Å². The molecule has 236 valence electrons. The molecule has 0 aliphatic carbocycles. The fourth-order valence-electron chi connectivity index (χ4n) is 5.53. The number of unbranched alkanes of at least 4 members (excludes halogenated alkanes) is 13. The summed E-state index contributed by atoms with van der Waals surface area (Å²) in [6.45, 7) is 8.05. The number of urea groups is 1. The summed E-state index contributed by atoms with van der Waals surface area (Å²) in [5, 5.41) is 14.2. The van der Waals surface area contributed by atoms with Crippen LogP contribution in [-0.4, -0.2) is 52.7 Å². The van der Waals surface area contributed by atoms with E-state index in [1.807, 2.05) is 41.3 Å². The van der Waals surface area contributed by atoms with E-state index in [1.54, 1.807) is 6.07 Å². The zero-order chi connectivity index (χ0) is 30.4. The number of aliphatic hydroxyl groups excluding tert-OH is 1. The number of hydrogen-bond acceptors (Lipinski definition) is 3. The highest BCUT2D eigenvalue weighted by atomic mass is 16.3. The van der Waals surface area contributed by atoms with Gasteiger partial charge in [-0.15, -0.1) is 0 Å². The largest absolute Gasteiger partial charge is 0.391 e. The molecule has 0 saturated heterocycles. The highest BCUT2D eigenvalue weighted by Gasteiger charge is 2.25. The second kappa shape index (κ2) is 22.0. The number of fused-ring (bicyclic) bond motifs is 1. The fraction of sp³-hybridized carbons (Fsp3) is 0.667. The molecule has 0 aliphatic rings. The minimum Gasteiger partial charge on any atom is -0.391 e. The third-order valence-corrected chi connectivity index (χ3v) is 8.12. The number of amides is 3. The van der Waals surface area contributed by atoms with Crippen LogP contribution in [0.25, 0.3) is 10.8 Å². The molecule has 2 N–H and O–H groups in total. The Kier molecular flexibility index (Phi) is 18.7. The van der Waals surface area contributed by atoms with Crippen molar-refractivity contribution in [3.63, 3.8) is 0 Å². The topological polar surface area (TPSA) is 72.9 Å². The molecule has 0 bridgehead atoms. The van der Waals surface area contributed by atoms with Gasteiger partial charge in [-0.05, 0) is 36.1 Å². The summed E-state index contributed by atoms with van der Waals surface area (Å²) in [6.07, 6.45) is 18.1. The van der Waals surface area contributed by atoms with Gasteiger partial charge in [0.15, 0.2) is 0 Å². The van der Waals surface area contributed by atoms with Crippen LogP contribution < -0.4 is 5.43 Å². The summed E-state index contributed by atoms with van der Waals surface area (Å²) in [7, 11) is 0. The number of aliphatic hydroxyl groups is 1. The van der Waals surface area contributed by atoms with E-state index in [-0.39, 0.29) is 18.5 Å². The van der Waals surface area contributed by atoms with Gasteiger partial charge in [-0.1, -0.05) is 147 Å². The highest BCUT2D eigenvalue weighted by molar-refractivity contribution is 6.07. The van der Waals surface area contributed by atoms with Crippen LogP contribution in [-0.2, 0) is 0 Å². The summed E-state index contributed by atoms with van der Waals surface area (Å²) < 4.78 is 0. The van der Waals surface area contributed by atoms with Gasteiger partial charge in [0, 0.05) is 18.7 Å². The molecule has 0 aromatic heterocycles. The van der Waals surface area contributed by atoms with Gasteiger partial charge in [0.1, 0.15) is 0 Å². The second-order valence-electron chi connectivity index (χ2n) is 11.9. The molecule has 1 atom stereocenters. The quantitative estimate of drug-likeness (QED) is 0.107. The van der Waals surface area contributed by atoms with E-state index < -0.39 is 6.10 Å². The predicted molar refractivity (Wildman–Crippen MR) is 177 cm³/mol. The Morgan fingerprint density at radius 2 is 1.21 bits per heavy atom. The van der Waals surface area contributed by atoms with Gasteiger partial charge in [0.25, 0.3) is 5.91 Å². The van der Waals surface area contributed by atoms with E-state index in [0.717, 1.165) is 62.1 Å². The smallest absolute Gasteiger partial charge is 0.338 e. The van der Waals surface area contributed by atoms with Crippen molar-refractivity contribution in [2.45, 2.75) is 136 Å². The maximum atomic E-state index is 14.0. The summed E-state index contributed by atoms with van der Waals surface area (Å²) in [6, 6.07) is 13.2. The van der Waals surface area contributed by atoms with Crippen molar-refractivity contribution in [3.05, 3.63) is 48.0 Å². The molecule has 0 radical (unpaired) electrons. The first kappa shape index (κ1) is 35.6. The summed E-state index contributed by atoms with van der Waals surface area (Å²) >= 11 is 0. The van der Waals surface area contributed by atoms with Crippen molar-refractivity contribution in [2.24, 2.45) is 0 Å². The first-order chi connectivity index (χ1) is 20.5. The van der Waals surface area contributed by atoms with Crippen LogP contribution in [0.15, 0.2) is 42.5 Å². The molecule has 0 aliphatic heterocycles. The van der Waals surface area contributed by atoms with Gasteiger partial charge in [0.05, 0.1) is 12.6 Å². The highest BCUT2D eigenvalue weighted by Crippen LogP contribution is 2.19. The van der Waals surface area contributed by atoms with E-state index in [0.29, 0.717) is 25.1 Å². The summed E-state index contributed by atoms with van der Waals surface area (Å²) in [5.41, 5.74) is 3.45. The Morgan fingerprint density at radius 3 is 1.83 bits per heavy atom. The first-order valence-electron chi connectivity index (χ1n) is 17.0. The number of nitrogens with one attached hydrogen (secondary N) is 1. The maximum Gasteiger partial charge on any atom is 0.338 e. The Hall–Kier alpha value is -2.60. The zero-order valence-corrected chi connectivity index (χ0v) is 26.9. The normalized spacial score (nSPS) is 11.9. The zero-order valence-electron chi connectivity index (χ0n) is 26.9. The SMILES string of the molecule is CCCCCCCCN(CCCCCCCC)C(=O)N(CC(O)CCCCCC)NC(=O)c1cccc2ccccc12. The number of rotatable bonds is 22. The Labute approximate surface area is 256 Å². The first-order valence-corrected chi connectivity index (χ1v) is 17.0. The average Bonchev–Trinajstić information content (AvgIpc) is 3.00. The number of carbonyl (C=O) groups is 2. The van der Waals surface area contributed by atoms with Gasteiger partial charge in [-0.25, -0.2) is 9.80 Å². The third kappa shape index (κ3) is 13.6. The van der Waals surface area contributed by atoms with E-state index in [4.69, 9.17) is 0 Å². The van der Waals surface area contributed by atoms with Gasteiger partial charge >= 0.3 is 6.03 Å². The minimum absolute atomic E-state index is 0.0883. The molecule has 3 amide bonds. The molecule has 2 aromatic carbocycles. The molecule has 0 spiro atoms. The number of benzene rings is 2. The van der Waals surface area contributed by atoms with Crippen molar-refractivity contribution >= 4 is 22.7 Å². The minimum atomic E-state index is -0.691. The molecule has 42 heavy (non-hydrogen) atoms. The molecule has 1 unspecified atom stereocenters. The fourth-order valence-corrected chi connectivity index (χ4v) is 5.53. The Balaban J connectivity index is 2.17. The predicted octanol–water partition coefficient (Wildman–Crippen LogP) is 9.26. The number of hydrogen-bond donors (Lipinski definition) is 2. The van der Waals surface area contributed by atoms with E-state index in [9.17, 15) is 14.7 Å². The molecular formula is C36H59N3O3. The molecule has 2 aromatic rings. The Morgan fingerprint density at radius 1 is 0.690 bits per heavy atom. The van der Waals surface area contributed by atoms with Crippen molar-refractivity contribution in [3.8, 4) is 0 Å². The maximum absolute atomic E-state index is 14.0. The lowest BCUT2D eigenvalue weighted by atomic mass is 10.0. The average molecular weight is 582 g/mol. The molecule has 0 fully saturated rings. The van der Waals surface area contributed by atoms with E-state index >= 15 is 0 Å².